The summed E-state index contributed by atoms with van der Waals surface area (Å²) in [6, 6.07) is 14.4. The van der Waals surface area contributed by atoms with Gasteiger partial charge < -0.3 is 19.7 Å². The third-order valence-corrected chi connectivity index (χ3v) is 6.76. The minimum Gasteiger partial charge on any atom is -0.493 e. The fraction of sp³-hybridized carbons (Fsp3) is 0.379. The Hall–Kier alpha value is -3.94. The minimum atomic E-state index is -0.808. The maximum Gasteiger partial charge on any atom is 0.275 e. The quantitative estimate of drug-likeness (QED) is 0.443. The monoisotopic (exact) mass is 502 g/mol. The lowest BCUT2D eigenvalue weighted by Gasteiger charge is -2.33. The summed E-state index contributed by atoms with van der Waals surface area (Å²) in [4.78, 5) is 37.5. The molecule has 8 heteroatoms. The maximum atomic E-state index is 13.8. The molecule has 194 valence electrons. The fourth-order valence-electron chi connectivity index (χ4n) is 4.83. The SMILES string of the molecule is COc1ccc(CCN(C(=O)c2cnccn2)C(C(=O)NC2CCCCC2)c2ccccc2)cc1OC. The van der Waals surface area contributed by atoms with Gasteiger partial charge in [0.15, 0.2) is 11.5 Å². The van der Waals surface area contributed by atoms with Crippen molar-refractivity contribution in [2.24, 2.45) is 0 Å². The van der Waals surface area contributed by atoms with Crippen LogP contribution in [0.4, 0.5) is 0 Å². The molecule has 0 saturated heterocycles. The predicted octanol–water partition coefficient (Wildman–Crippen LogP) is 4.37. The second kappa shape index (κ2) is 12.9. The highest BCUT2D eigenvalue weighted by Crippen LogP contribution is 2.29. The first-order chi connectivity index (χ1) is 18.1. The van der Waals surface area contributed by atoms with Gasteiger partial charge in [0.05, 0.1) is 20.4 Å². The van der Waals surface area contributed by atoms with Gasteiger partial charge in [0.2, 0.25) is 5.91 Å². The van der Waals surface area contributed by atoms with Crippen LogP contribution >= 0.6 is 0 Å². The summed E-state index contributed by atoms with van der Waals surface area (Å²) < 4.78 is 10.8. The van der Waals surface area contributed by atoms with Crippen LogP contribution in [0.3, 0.4) is 0 Å². The lowest BCUT2D eigenvalue weighted by molar-refractivity contribution is -0.126. The van der Waals surface area contributed by atoms with E-state index in [2.05, 4.69) is 15.3 Å². The van der Waals surface area contributed by atoms with Crippen molar-refractivity contribution < 1.29 is 19.1 Å². The molecule has 1 aliphatic carbocycles. The second-order valence-corrected chi connectivity index (χ2v) is 9.19. The highest BCUT2D eigenvalue weighted by Gasteiger charge is 2.33. The molecule has 0 radical (unpaired) electrons. The topological polar surface area (TPSA) is 93.7 Å². The van der Waals surface area contributed by atoms with Gasteiger partial charge in [0.25, 0.3) is 5.91 Å². The fourth-order valence-corrected chi connectivity index (χ4v) is 4.83. The largest absolute Gasteiger partial charge is 0.493 e. The first kappa shape index (κ1) is 26.1. The molecule has 1 unspecified atom stereocenters. The molecule has 2 amide bonds. The van der Waals surface area contributed by atoms with Crippen molar-refractivity contribution >= 4 is 11.8 Å². The van der Waals surface area contributed by atoms with Crippen molar-refractivity contribution in [2.75, 3.05) is 20.8 Å². The number of methoxy groups -OCH3 is 2. The molecule has 1 aliphatic rings. The van der Waals surface area contributed by atoms with Gasteiger partial charge in [0, 0.05) is 25.0 Å². The zero-order valence-electron chi connectivity index (χ0n) is 21.4. The van der Waals surface area contributed by atoms with E-state index in [1.165, 1.54) is 25.0 Å². The van der Waals surface area contributed by atoms with E-state index in [-0.39, 0.29) is 23.6 Å². The average Bonchev–Trinajstić information content (AvgIpc) is 2.96. The van der Waals surface area contributed by atoms with Crippen LogP contribution in [0.2, 0.25) is 0 Å². The number of nitrogens with zero attached hydrogens (tertiary/aromatic N) is 3. The lowest BCUT2D eigenvalue weighted by Crippen LogP contribution is -2.47. The van der Waals surface area contributed by atoms with E-state index in [1.807, 2.05) is 48.5 Å². The van der Waals surface area contributed by atoms with Crippen molar-refractivity contribution in [3.63, 3.8) is 0 Å². The minimum absolute atomic E-state index is 0.117. The summed E-state index contributed by atoms with van der Waals surface area (Å²) in [7, 11) is 3.18. The van der Waals surface area contributed by atoms with Gasteiger partial charge in [-0.25, -0.2) is 4.98 Å². The normalized spacial score (nSPS) is 14.4. The summed E-state index contributed by atoms with van der Waals surface area (Å²) in [6.07, 6.45) is 10.3. The molecule has 0 spiro atoms. The molecule has 1 aromatic heterocycles. The third-order valence-electron chi connectivity index (χ3n) is 6.76. The Morgan fingerprint density at radius 3 is 2.43 bits per heavy atom. The van der Waals surface area contributed by atoms with Crippen LogP contribution < -0.4 is 14.8 Å². The zero-order valence-corrected chi connectivity index (χ0v) is 21.4. The smallest absolute Gasteiger partial charge is 0.275 e. The van der Waals surface area contributed by atoms with Gasteiger partial charge >= 0.3 is 0 Å². The molecule has 1 saturated carbocycles. The van der Waals surface area contributed by atoms with Crippen LogP contribution in [0, 0.1) is 0 Å². The number of carbonyl (C=O) groups is 2. The van der Waals surface area contributed by atoms with Gasteiger partial charge in [-0.05, 0) is 42.5 Å². The highest BCUT2D eigenvalue weighted by atomic mass is 16.5. The zero-order chi connectivity index (χ0) is 26.0. The van der Waals surface area contributed by atoms with Gasteiger partial charge in [-0.3, -0.25) is 14.6 Å². The predicted molar refractivity (Wildman–Crippen MR) is 141 cm³/mol. The van der Waals surface area contributed by atoms with Gasteiger partial charge in [-0.2, -0.15) is 0 Å². The van der Waals surface area contributed by atoms with Crippen molar-refractivity contribution in [3.8, 4) is 11.5 Å². The molecule has 3 aromatic rings. The summed E-state index contributed by atoms with van der Waals surface area (Å²) in [5.74, 6) is 0.720. The van der Waals surface area contributed by atoms with Crippen molar-refractivity contribution in [3.05, 3.63) is 83.9 Å². The number of hydrogen-bond acceptors (Lipinski definition) is 6. The van der Waals surface area contributed by atoms with Gasteiger partial charge in [0.1, 0.15) is 11.7 Å². The van der Waals surface area contributed by atoms with E-state index in [0.29, 0.717) is 24.5 Å². The third kappa shape index (κ3) is 6.64. The second-order valence-electron chi connectivity index (χ2n) is 9.19. The van der Waals surface area contributed by atoms with Crippen LogP contribution in [0.15, 0.2) is 67.1 Å². The molecule has 1 N–H and O–H groups in total. The Kier molecular flexibility index (Phi) is 9.08. The van der Waals surface area contributed by atoms with E-state index < -0.39 is 6.04 Å². The molecule has 37 heavy (non-hydrogen) atoms. The summed E-state index contributed by atoms with van der Waals surface area (Å²) in [5, 5.41) is 3.23. The molecule has 0 bridgehead atoms. The molecular weight excluding hydrogens is 468 g/mol. The van der Waals surface area contributed by atoms with Crippen LogP contribution in [-0.2, 0) is 11.2 Å². The van der Waals surface area contributed by atoms with Crippen molar-refractivity contribution in [1.82, 2.24) is 20.2 Å². The summed E-state index contributed by atoms with van der Waals surface area (Å²) >= 11 is 0. The molecular formula is C29H34N4O4. The number of nitrogens with one attached hydrogen (secondary N) is 1. The van der Waals surface area contributed by atoms with Crippen molar-refractivity contribution in [2.45, 2.75) is 50.6 Å². The molecule has 0 aliphatic heterocycles. The van der Waals surface area contributed by atoms with Crippen LogP contribution in [0.5, 0.6) is 11.5 Å². The first-order valence-corrected chi connectivity index (χ1v) is 12.7. The molecule has 2 aromatic carbocycles. The van der Waals surface area contributed by atoms with E-state index in [9.17, 15) is 9.59 Å². The standard InChI is InChI=1S/C29H34N4O4/c1-36-25-14-13-21(19-26(25)37-2)15-18-33(29(35)24-20-30-16-17-31-24)27(22-9-5-3-6-10-22)28(34)32-23-11-7-4-8-12-23/h3,5-6,9-10,13-14,16-17,19-20,23,27H,4,7-8,11-12,15,18H2,1-2H3,(H,32,34). The van der Waals surface area contributed by atoms with E-state index in [4.69, 9.17) is 9.47 Å². The number of hydrogen-bond donors (Lipinski definition) is 1. The Morgan fingerprint density at radius 1 is 1.00 bits per heavy atom. The molecule has 8 nitrogen and oxygen atoms in total. The Bertz CT molecular complexity index is 1170. The Balaban J connectivity index is 1.67. The van der Waals surface area contributed by atoms with E-state index >= 15 is 0 Å². The molecule has 4 rings (SSSR count). The van der Waals surface area contributed by atoms with Gasteiger partial charge in [-0.15, -0.1) is 0 Å². The van der Waals surface area contributed by atoms with Crippen molar-refractivity contribution in [1.29, 1.82) is 0 Å². The highest BCUT2D eigenvalue weighted by molar-refractivity contribution is 5.96. The number of carbonyl (C=O) groups excluding carboxylic acids is 2. The van der Waals surface area contributed by atoms with Crippen LogP contribution in [0.25, 0.3) is 0 Å². The Morgan fingerprint density at radius 2 is 1.76 bits per heavy atom. The molecule has 1 fully saturated rings. The van der Waals surface area contributed by atoms with E-state index in [0.717, 1.165) is 36.8 Å². The van der Waals surface area contributed by atoms with E-state index in [1.54, 1.807) is 19.1 Å². The maximum absolute atomic E-state index is 13.8. The number of ether oxygens (including phenoxy) is 2. The summed E-state index contributed by atoms with van der Waals surface area (Å²) in [6.45, 7) is 0.294. The van der Waals surface area contributed by atoms with Crippen LogP contribution in [-0.4, -0.2) is 53.5 Å². The number of aromatic nitrogens is 2. The Labute approximate surface area is 218 Å². The summed E-state index contributed by atoms with van der Waals surface area (Å²) in [5.41, 5.74) is 1.90. The molecule has 1 atom stereocenters. The number of amides is 2. The molecule has 1 heterocycles. The number of benzene rings is 2. The lowest BCUT2D eigenvalue weighted by atomic mass is 9.94. The first-order valence-electron chi connectivity index (χ1n) is 12.7. The number of rotatable bonds is 10. The van der Waals surface area contributed by atoms with Crippen LogP contribution in [0.1, 0.15) is 59.8 Å². The average molecular weight is 503 g/mol. The van der Waals surface area contributed by atoms with Gasteiger partial charge in [-0.1, -0.05) is 55.7 Å².